The minimum Gasteiger partial charge on any atom is -0.494 e. The molecule has 1 aliphatic heterocycles. The van der Waals surface area contributed by atoms with Crippen molar-refractivity contribution in [3.63, 3.8) is 0 Å². The Kier molecular flexibility index (Phi) is 7.82. The molecule has 0 aliphatic carbocycles. The maximum absolute atomic E-state index is 12.2. The minimum atomic E-state index is -0.00453. The van der Waals surface area contributed by atoms with E-state index in [0.29, 0.717) is 24.5 Å². The van der Waals surface area contributed by atoms with Crippen LogP contribution in [-0.2, 0) is 4.79 Å². The molecule has 0 saturated carbocycles. The topological polar surface area (TPSA) is 41.6 Å². The highest BCUT2D eigenvalue weighted by atomic mass is 35.5. The number of benzene rings is 2. The van der Waals surface area contributed by atoms with E-state index in [4.69, 9.17) is 16.3 Å². The van der Waals surface area contributed by atoms with Crippen LogP contribution in [-0.4, -0.2) is 25.6 Å². The first-order valence-corrected chi connectivity index (χ1v) is 10.9. The summed E-state index contributed by atoms with van der Waals surface area (Å²) in [6.07, 6.45) is 3.64. The molecule has 29 heavy (non-hydrogen) atoms. The van der Waals surface area contributed by atoms with Crippen molar-refractivity contribution in [2.24, 2.45) is 5.92 Å². The highest BCUT2D eigenvalue weighted by molar-refractivity contribution is 6.30. The summed E-state index contributed by atoms with van der Waals surface area (Å²) in [4.78, 5) is 14.7. The van der Waals surface area contributed by atoms with Crippen molar-refractivity contribution in [3.05, 3.63) is 59.1 Å². The zero-order chi connectivity index (χ0) is 20.6. The number of amides is 1. The Morgan fingerprint density at radius 2 is 1.79 bits per heavy atom. The number of hydrogen-bond donors (Lipinski definition) is 1. The Balaban J connectivity index is 1.39. The summed E-state index contributed by atoms with van der Waals surface area (Å²) >= 11 is 5.86. The first-order chi connectivity index (χ1) is 14.0. The molecule has 1 unspecified atom stereocenters. The normalized spacial score (nSPS) is 15.8. The standard InChI is InChI=1S/C24H31ClN2O2/c1-18-13-15-27(16-14-18)22-9-5-20(6-10-22)19(2)26-24(28)4-3-17-29-23-11-7-21(25)8-12-23/h5-12,18-19H,3-4,13-17H2,1-2H3,(H,26,28). The van der Waals surface area contributed by atoms with Gasteiger partial charge in [0.05, 0.1) is 12.6 Å². The van der Waals surface area contributed by atoms with Crippen LogP contribution in [0.5, 0.6) is 5.75 Å². The van der Waals surface area contributed by atoms with Crippen LogP contribution >= 0.6 is 11.6 Å². The first kappa shape index (κ1) is 21.5. The van der Waals surface area contributed by atoms with Crippen molar-refractivity contribution in [1.82, 2.24) is 5.32 Å². The molecule has 1 atom stereocenters. The molecule has 5 heteroatoms. The van der Waals surface area contributed by atoms with Gasteiger partial charge in [0.25, 0.3) is 0 Å². The minimum absolute atomic E-state index is 0.00453. The number of hydrogen-bond acceptors (Lipinski definition) is 3. The van der Waals surface area contributed by atoms with Crippen LogP contribution < -0.4 is 15.0 Å². The van der Waals surface area contributed by atoms with E-state index in [-0.39, 0.29) is 11.9 Å². The molecule has 1 N–H and O–H groups in total. The predicted octanol–water partition coefficient (Wildman–Crippen LogP) is 5.61. The number of rotatable bonds is 8. The summed E-state index contributed by atoms with van der Waals surface area (Å²) < 4.78 is 5.64. The van der Waals surface area contributed by atoms with E-state index < -0.39 is 0 Å². The maximum atomic E-state index is 12.2. The summed E-state index contributed by atoms with van der Waals surface area (Å²) in [7, 11) is 0. The molecule has 3 rings (SSSR count). The van der Waals surface area contributed by atoms with Gasteiger partial charge in [-0.15, -0.1) is 0 Å². The summed E-state index contributed by atoms with van der Waals surface area (Å²) in [6.45, 7) is 7.12. The van der Waals surface area contributed by atoms with Crippen molar-refractivity contribution in [1.29, 1.82) is 0 Å². The molecule has 1 heterocycles. The number of nitrogens with zero attached hydrogens (tertiary/aromatic N) is 1. The van der Waals surface area contributed by atoms with Gasteiger partial charge in [0.15, 0.2) is 0 Å². The lowest BCUT2D eigenvalue weighted by molar-refractivity contribution is -0.121. The number of carbonyl (C=O) groups is 1. The maximum Gasteiger partial charge on any atom is 0.220 e. The van der Waals surface area contributed by atoms with E-state index in [1.165, 1.54) is 18.5 Å². The second kappa shape index (κ2) is 10.5. The number of nitrogens with one attached hydrogen (secondary N) is 1. The molecule has 1 saturated heterocycles. The van der Waals surface area contributed by atoms with Crippen LogP contribution in [0, 0.1) is 5.92 Å². The van der Waals surface area contributed by atoms with E-state index >= 15 is 0 Å². The third-order valence-corrected chi connectivity index (χ3v) is 5.80. The van der Waals surface area contributed by atoms with Crippen molar-refractivity contribution >= 4 is 23.2 Å². The van der Waals surface area contributed by atoms with E-state index in [1.807, 2.05) is 19.1 Å². The average molecular weight is 415 g/mol. The fourth-order valence-electron chi connectivity index (χ4n) is 3.59. The average Bonchev–Trinajstić information content (AvgIpc) is 2.73. The van der Waals surface area contributed by atoms with Crippen LogP contribution in [0.4, 0.5) is 5.69 Å². The quantitative estimate of drug-likeness (QED) is 0.570. The van der Waals surface area contributed by atoms with E-state index in [0.717, 1.165) is 30.3 Å². The molecule has 1 aliphatic rings. The van der Waals surface area contributed by atoms with E-state index in [9.17, 15) is 4.79 Å². The largest absolute Gasteiger partial charge is 0.494 e. The Morgan fingerprint density at radius 3 is 2.45 bits per heavy atom. The first-order valence-electron chi connectivity index (χ1n) is 10.5. The van der Waals surface area contributed by atoms with Gasteiger partial charge in [-0.2, -0.15) is 0 Å². The van der Waals surface area contributed by atoms with Gasteiger partial charge in [-0.25, -0.2) is 0 Å². The molecule has 0 bridgehead atoms. The zero-order valence-corrected chi connectivity index (χ0v) is 18.1. The SMILES string of the molecule is CC1CCN(c2ccc(C(C)NC(=O)CCCOc3ccc(Cl)cc3)cc2)CC1. The zero-order valence-electron chi connectivity index (χ0n) is 17.4. The molecule has 1 amide bonds. The van der Waals surface area contributed by atoms with Gasteiger partial charge in [0, 0.05) is 30.2 Å². The molecular weight excluding hydrogens is 384 g/mol. The Labute approximate surface area is 179 Å². The lowest BCUT2D eigenvalue weighted by atomic mass is 9.98. The molecule has 2 aromatic carbocycles. The van der Waals surface area contributed by atoms with Crippen LogP contribution in [0.3, 0.4) is 0 Å². The highest BCUT2D eigenvalue weighted by Gasteiger charge is 2.16. The third kappa shape index (κ3) is 6.67. The van der Waals surface area contributed by atoms with Gasteiger partial charge in [0.1, 0.15) is 5.75 Å². The second-order valence-electron chi connectivity index (χ2n) is 7.96. The lowest BCUT2D eigenvalue weighted by Gasteiger charge is -2.32. The molecule has 0 aromatic heterocycles. The number of ether oxygens (including phenoxy) is 1. The smallest absolute Gasteiger partial charge is 0.220 e. The fraction of sp³-hybridized carbons (Fsp3) is 0.458. The van der Waals surface area contributed by atoms with Gasteiger partial charge >= 0.3 is 0 Å². The molecule has 2 aromatic rings. The van der Waals surface area contributed by atoms with Gasteiger partial charge < -0.3 is 15.0 Å². The molecular formula is C24H31ClN2O2. The number of piperidine rings is 1. The molecule has 0 radical (unpaired) electrons. The van der Waals surface area contributed by atoms with Gasteiger partial charge in [0.2, 0.25) is 5.91 Å². The summed E-state index contributed by atoms with van der Waals surface area (Å²) in [5.41, 5.74) is 2.41. The number of anilines is 1. The monoisotopic (exact) mass is 414 g/mol. The summed E-state index contributed by atoms with van der Waals surface area (Å²) in [5.74, 6) is 1.65. The summed E-state index contributed by atoms with van der Waals surface area (Å²) in [6, 6.07) is 15.9. The van der Waals surface area contributed by atoms with Crippen LogP contribution in [0.1, 0.15) is 51.1 Å². The van der Waals surface area contributed by atoms with Crippen LogP contribution in [0.25, 0.3) is 0 Å². The predicted molar refractivity (Wildman–Crippen MR) is 120 cm³/mol. The van der Waals surface area contributed by atoms with E-state index in [2.05, 4.69) is 41.4 Å². The number of carbonyl (C=O) groups excluding carboxylic acids is 1. The van der Waals surface area contributed by atoms with Gasteiger partial charge in [-0.3, -0.25) is 4.79 Å². The Bertz CT molecular complexity index is 768. The van der Waals surface area contributed by atoms with Crippen LogP contribution in [0.2, 0.25) is 5.02 Å². The fourth-order valence-corrected chi connectivity index (χ4v) is 3.72. The number of halogens is 1. The molecule has 4 nitrogen and oxygen atoms in total. The molecule has 156 valence electrons. The van der Waals surface area contributed by atoms with Crippen molar-refractivity contribution < 1.29 is 9.53 Å². The van der Waals surface area contributed by atoms with Crippen molar-refractivity contribution in [3.8, 4) is 5.75 Å². The third-order valence-electron chi connectivity index (χ3n) is 5.55. The second-order valence-corrected chi connectivity index (χ2v) is 8.39. The van der Waals surface area contributed by atoms with Crippen molar-refractivity contribution in [2.45, 2.75) is 45.6 Å². The Morgan fingerprint density at radius 1 is 1.14 bits per heavy atom. The lowest BCUT2D eigenvalue weighted by Crippen LogP contribution is -2.32. The van der Waals surface area contributed by atoms with Gasteiger partial charge in [-0.05, 0) is 74.1 Å². The molecule has 1 fully saturated rings. The van der Waals surface area contributed by atoms with Crippen molar-refractivity contribution in [2.75, 3.05) is 24.6 Å². The van der Waals surface area contributed by atoms with Crippen LogP contribution in [0.15, 0.2) is 48.5 Å². The molecule has 0 spiro atoms. The van der Waals surface area contributed by atoms with Gasteiger partial charge in [-0.1, -0.05) is 30.7 Å². The highest BCUT2D eigenvalue weighted by Crippen LogP contribution is 2.24. The Hall–Kier alpha value is -2.20. The summed E-state index contributed by atoms with van der Waals surface area (Å²) in [5, 5.41) is 3.77. The van der Waals surface area contributed by atoms with E-state index in [1.54, 1.807) is 12.1 Å².